The van der Waals surface area contributed by atoms with Gasteiger partial charge in [0.2, 0.25) is 5.82 Å². The molecule has 0 fully saturated rings. The number of carbonyl (C=O) groups excluding carboxylic acids is 1. The molecular weight excluding hydrogens is 378 g/mol. The predicted octanol–water partition coefficient (Wildman–Crippen LogP) is 4.51. The van der Waals surface area contributed by atoms with Crippen LogP contribution >= 0.6 is 23.2 Å². The van der Waals surface area contributed by atoms with Gasteiger partial charge in [-0.25, -0.2) is 14.1 Å². The lowest BCUT2D eigenvalue weighted by atomic mass is 10.1. The molecule has 0 bridgehead atoms. The predicted molar refractivity (Wildman–Crippen MR) is 98.4 cm³/mol. The summed E-state index contributed by atoms with van der Waals surface area (Å²) < 4.78 is 14.6. The summed E-state index contributed by atoms with van der Waals surface area (Å²) in [5.74, 6) is -0.227. The van der Waals surface area contributed by atoms with E-state index in [9.17, 15) is 9.18 Å². The van der Waals surface area contributed by atoms with Gasteiger partial charge < -0.3 is 5.32 Å². The van der Waals surface area contributed by atoms with Crippen LogP contribution in [0.5, 0.6) is 0 Å². The van der Waals surface area contributed by atoms with Crippen molar-refractivity contribution in [1.29, 1.82) is 0 Å². The SMILES string of the molecule is Cc1nc(C(=O)N[C@@H](C)c2ccc(Cl)c(Cl)c2)nn1-c1ccc(F)cc1. The number of aromatic nitrogens is 3. The minimum absolute atomic E-state index is 0.0266. The number of amides is 1. The Morgan fingerprint density at radius 1 is 1.15 bits per heavy atom. The van der Waals surface area contributed by atoms with Gasteiger partial charge in [0.05, 0.1) is 21.8 Å². The molecule has 3 aromatic rings. The largest absolute Gasteiger partial charge is 0.343 e. The molecule has 0 aliphatic carbocycles. The molecule has 1 heterocycles. The number of hydrogen-bond acceptors (Lipinski definition) is 3. The zero-order valence-corrected chi connectivity index (χ0v) is 15.5. The molecule has 1 aromatic heterocycles. The van der Waals surface area contributed by atoms with E-state index in [1.54, 1.807) is 37.3 Å². The first-order chi connectivity index (χ1) is 12.3. The lowest BCUT2D eigenvalue weighted by molar-refractivity contribution is 0.0929. The second kappa shape index (κ2) is 7.43. The Balaban J connectivity index is 1.78. The summed E-state index contributed by atoms with van der Waals surface area (Å²) in [5, 5.41) is 7.90. The van der Waals surface area contributed by atoms with Crippen LogP contribution in [-0.2, 0) is 0 Å². The average molecular weight is 393 g/mol. The molecule has 0 radical (unpaired) electrons. The van der Waals surface area contributed by atoms with E-state index >= 15 is 0 Å². The van der Waals surface area contributed by atoms with Crippen molar-refractivity contribution in [2.24, 2.45) is 0 Å². The van der Waals surface area contributed by atoms with Crippen molar-refractivity contribution in [3.8, 4) is 5.69 Å². The fourth-order valence-corrected chi connectivity index (χ4v) is 2.75. The topological polar surface area (TPSA) is 59.8 Å². The standard InChI is InChI=1S/C18H15Cl2FN4O/c1-10(12-3-8-15(19)16(20)9-12)22-18(26)17-23-11(2)25(24-17)14-6-4-13(21)5-7-14/h3-10H,1-2H3,(H,22,26)/t10-/m0/s1. The number of halogens is 3. The summed E-state index contributed by atoms with van der Waals surface area (Å²) >= 11 is 11.9. The van der Waals surface area contributed by atoms with Gasteiger partial charge in [0, 0.05) is 0 Å². The Bertz CT molecular complexity index is 956. The maximum atomic E-state index is 13.1. The van der Waals surface area contributed by atoms with Crippen LogP contribution in [0.4, 0.5) is 4.39 Å². The van der Waals surface area contributed by atoms with Crippen molar-refractivity contribution < 1.29 is 9.18 Å². The van der Waals surface area contributed by atoms with Gasteiger partial charge in [-0.15, -0.1) is 5.10 Å². The summed E-state index contributed by atoms with van der Waals surface area (Å²) in [5.41, 5.74) is 1.43. The maximum Gasteiger partial charge on any atom is 0.291 e. The van der Waals surface area contributed by atoms with Gasteiger partial charge in [-0.2, -0.15) is 0 Å². The number of hydrogen-bond donors (Lipinski definition) is 1. The molecular formula is C18H15Cl2FN4O. The quantitative estimate of drug-likeness (QED) is 0.710. The van der Waals surface area contributed by atoms with E-state index in [0.29, 0.717) is 21.6 Å². The lowest BCUT2D eigenvalue weighted by Crippen LogP contribution is -2.27. The summed E-state index contributed by atoms with van der Waals surface area (Å²) in [4.78, 5) is 16.6. The Morgan fingerprint density at radius 2 is 1.85 bits per heavy atom. The number of benzene rings is 2. The molecule has 1 atom stereocenters. The Morgan fingerprint density at radius 3 is 2.50 bits per heavy atom. The van der Waals surface area contributed by atoms with Crippen LogP contribution in [0.3, 0.4) is 0 Å². The number of aryl methyl sites for hydroxylation is 1. The Hall–Kier alpha value is -2.44. The fourth-order valence-electron chi connectivity index (χ4n) is 2.44. The van der Waals surface area contributed by atoms with Gasteiger partial charge in [-0.3, -0.25) is 4.79 Å². The van der Waals surface area contributed by atoms with Crippen LogP contribution in [-0.4, -0.2) is 20.7 Å². The van der Waals surface area contributed by atoms with Crippen LogP contribution in [0, 0.1) is 12.7 Å². The molecule has 0 saturated carbocycles. The van der Waals surface area contributed by atoms with E-state index in [0.717, 1.165) is 5.56 Å². The minimum atomic E-state index is -0.424. The van der Waals surface area contributed by atoms with Gasteiger partial charge in [-0.1, -0.05) is 29.3 Å². The van der Waals surface area contributed by atoms with Crippen LogP contribution < -0.4 is 5.32 Å². The van der Waals surface area contributed by atoms with Gasteiger partial charge in [-0.05, 0) is 55.8 Å². The highest BCUT2D eigenvalue weighted by Crippen LogP contribution is 2.25. The monoisotopic (exact) mass is 392 g/mol. The first kappa shape index (κ1) is 18.4. The molecule has 1 amide bonds. The first-order valence-electron chi connectivity index (χ1n) is 7.80. The minimum Gasteiger partial charge on any atom is -0.343 e. The number of nitrogens with one attached hydrogen (secondary N) is 1. The van der Waals surface area contributed by atoms with Crippen molar-refractivity contribution in [3.63, 3.8) is 0 Å². The molecule has 0 spiro atoms. The molecule has 1 N–H and O–H groups in total. The zero-order valence-electron chi connectivity index (χ0n) is 14.0. The molecule has 3 rings (SSSR count). The van der Waals surface area contributed by atoms with E-state index in [4.69, 9.17) is 23.2 Å². The molecule has 0 saturated heterocycles. The second-order valence-electron chi connectivity index (χ2n) is 5.74. The summed E-state index contributed by atoms with van der Waals surface area (Å²) in [6.45, 7) is 3.54. The second-order valence-corrected chi connectivity index (χ2v) is 6.55. The van der Waals surface area contributed by atoms with Gasteiger partial charge in [0.1, 0.15) is 11.6 Å². The summed E-state index contributed by atoms with van der Waals surface area (Å²) in [6.07, 6.45) is 0. The van der Waals surface area contributed by atoms with Gasteiger partial charge in [0.25, 0.3) is 5.91 Å². The van der Waals surface area contributed by atoms with Crippen molar-refractivity contribution in [2.75, 3.05) is 0 Å². The van der Waals surface area contributed by atoms with Crippen molar-refractivity contribution >= 4 is 29.1 Å². The van der Waals surface area contributed by atoms with E-state index in [1.807, 2.05) is 6.92 Å². The van der Waals surface area contributed by atoms with E-state index in [2.05, 4.69) is 15.4 Å². The molecule has 2 aromatic carbocycles. The Labute approximate surface area is 159 Å². The lowest BCUT2D eigenvalue weighted by Gasteiger charge is -2.13. The first-order valence-corrected chi connectivity index (χ1v) is 8.56. The third kappa shape index (κ3) is 3.86. The molecule has 134 valence electrons. The zero-order chi connectivity index (χ0) is 18.8. The summed E-state index contributed by atoms with van der Waals surface area (Å²) in [6, 6.07) is 10.6. The third-order valence-corrected chi connectivity index (χ3v) is 4.57. The molecule has 5 nitrogen and oxygen atoms in total. The maximum absolute atomic E-state index is 13.1. The van der Waals surface area contributed by atoms with Crippen LogP contribution in [0.25, 0.3) is 5.69 Å². The highest BCUT2D eigenvalue weighted by Gasteiger charge is 2.18. The average Bonchev–Trinajstić information content (AvgIpc) is 3.00. The fraction of sp³-hybridized carbons (Fsp3) is 0.167. The highest BCUT2D eigenvalue weighted by molar-refractivity contribution is 6.42. The van der Waals surface area contributed by atoms with Crippen LogP contribution in [0.2, 0.25) is 10.0 Å². The number of carbonyl (C=O) groups is 1. The molecule has 0 aliphatic heterocycles. The van der Waals surface area contributed by atoms with Crippen LogP contribution in [0.1, 0.15) is 35.0 Å². The van der Waals surface area contributed by atoms with E-state index in [-0.39, 0.29) is 17.7 Å². The Kier molecular flexibility index (Phi) is 5.25. The van der Waals surface area contributed by atoms with Crippen molar-refractivity contribution in [1.82, 2.24) is 20.1 Å². The van der Waals surface area contributed by atoms with Gasteiger partial charge >= 0.3 is 0 Å². The molecule has 0 unspecified atom stereocenters. The summed E-state index contributed by atoms with van der Waals surface area (Å²) in [7, 11) is 0. The van der Waals surface area contributed by atoms with Crippen molar-refractivity contribution in [2.45, 2.75) is 19.9 Å². The highest BCUT2D eigenvalue weighted by atomic mass is 35.5. The number of rotatable bonds is 4. The normalized spacial score (nSPS) is 12.0. The van der Waals surface area contributed by atoms with E-state index in [1.165, 1.54) is 16.8 Å². The smallest absolute Gasteiger partial charge is 0.291 e. The third-order valence-electron chi connectivity index (χ3n) is 3.83. The van der Waals surface area contributed by atoms with Gasteiger partial charge in [0.15, 0.2) is 0 Å². The molecule has 8 heteroatoms. The number of nitrogens with zero attached hydrogens (tertiary/aromatic N) is 3. The molecule has 26 heavy (non-hydrogen) atoms. The van der Waals surface area contributed by atoms with Crippen molar-refractivity contribution in [3.05, 3.63) is 75.5 Å². The molecule has 0 aliphatic rings. The van der Waals surface area contributed by atoms with Crippen LogP contribution in [0.15, 0.2) is 42.5 Å². The van der Waals surface area contributed by atoms with E-state index < -0.39 is 5.91 Å².